The van der Waals surface area contributed by atoms with Gasteiger partial charge in [0.05, 0.1) is 18.7 Å². The summed E-state index contributed by atoms with van der Waals surface area (Å²) in [5, 5.41) is 15.7. The quantitative estimate of drug-likeness (QED) is 0.333. The SMILES string of the molecule is Cc1ccc(CN=C(Nc2cccc(C(=O)O)c2)N2CCN(CC(=O)Nc3cccc(C)c3)CC2)cc1. The van der Waals surface area contributed by atoms with Gasteiger partial charge in [0.15, 0.2) is 5.96 Å². The summed E-state index contributed by atoms with van der Waals surface area (Å²) < 4.78 is 0. The van der Waals surface area contributed by atoms with Gasteiger partial charge in [-0.1, -0.05) is 48.0 Å². The number of carbonyl (C=O) groups is 2. The lowest BCUT2D eigenvalue weighted by atomic mass is 10.1. The summed E-state index contributed by atoms with van der Waals surface area (Å²) in [6, 6.07) is 22.8. The summed E-state index contributed by atoms with van der Waals surface area (Å²) >= 11 is 0. The number of carboxylic acids is 1. The van der Waals surface area contributed by atoms with Crippen molar-refractivity contribution in [1.82, 2.24) is 9.80 Å². The number of rotatable bonds is 7. The van der Waals surface area contributed by atoms with Crippen LogP contribution in [0.15, 0.2) is 77.8 Å². The molecule has 0 aromatic heterocycles. The van der Waals surface area contributed by atoms with Crippen molar-refractivity contribution in [3.8, 4) is 0 Å². The Balaban J connectivity index is 1.41. The molecule has 3 aromatic rings. The van der Waals surface area contributed by atoms with Crippen molar-refractivity contribution in [2.75, 3.05) is 43.4 Å². The first-order valence-electron chi connectivity index (χ1n) is 12.4. The van der Waals surface area contributed by atoms with Crippen molar-refractivity contribution in [1.29, 1.82) is 0 Å². The monoisotopic (exact) mass is 499 g/mol. The van der Waals surface area contributed by atoms with Crippen LogP contribution in [0.3, 0.4) is 0 Å². The Morgan fingerprint density at radius 3 is 2.19 bits per heavy atom. The van der Waals surface area contributed by atoms with Crippen molar-refractivity contribution in [3.63, 3.8) is 0 Å². The molecule has 0 aliphatic carbocycles. The summed E-state index contributed by atoms with van der Waals surface area (Å²) in [6.07, 6.45) is 0. The number of nitrogens with zero attached hydrogens (tertiary/aromatic N) is 3. The maximum atomic E-state index is 12.6. The number of benzene rings is 3. The number of hydrogen-bond acceptors (Lipinski definition) is 4. The first-order valence-corrected chi connectivity index (χ1v) is 12.4. The fourth-order valence-corrected chi connectivity index (χ4v) is 4.18. The normalized spacial score (nSPS) is 14.3. The molecule has 37 heavy (non-hydrogen) atoms. The van der Waals surface area contributed by atoms with Crippen molar-refractivity contribution < 1.29 is 14.7 Å². The van der Waals surface area contributed by atoms with E-state index in [2.05, 4.69) is 51.6 Å². The van der Waals surface area contributed by atoms with Crippen LogP contribution in [-0.2, 0) is 11.3 Å². The van der Waals surface area contributed by atoms with E-state index in [1.807, 2.05) is 37.3 Å². The lowest BCUT2D eigenvalue weighted by Gasteiger charge is -2.36. The number of anilines is 2. The molecule has 1 amide bonds. The Bertz CT molecular complexity index is 1260. The highest BCUT2D eigenvalue weighted by Crippen LogP contribution is 2.15. The largest absolute Gasteiger partial charge is 0.478 e. The molecule has 1 saturated heterocycles. The van der Waals surface area contributed by atoms with Gasteiger partial charge < -0.3 is 20.6 Å². The van der Waals surface area contributed by atoms with Crippen LogP contribution in [-0.4, -0.2) is 65.5 Å². The lowest BCUT2D eigenvalue weighted by molar-refractivity contribution is -0.117. The third-order valence-electron chi connectivity index (χ3n) is 6.24. The molecule has 4 rings (SSSR count). The van der Waals surface area contributed by atoms with Crippen molar-refractivity contribution in [2.45, 2.75) is 20.4 Å². The standard InChI is InChI=1S/C29H33N5O3/c1-21-9-11-23(12-10-21)19-30-29(32-26-8-4-6-24(18-26)28(36)37)34-15-13-33(14-16-34)20-27(35)31-25-7-3-5-22(2)17-25/h3-12,17-18H,13-16,19-20H2,1-2H3,(H,30,32)(H,31,35)(H,36,37). The second kappa shape index (κ2) is 12.2. The van der Waals surface area contributed by atoms with Crippen LogP contribution in [0.5, 0.6) is 0 Å². The Morgan fingerprint density at radius 1 is 0.838 bits per heavy atom. The van der Waals surface area contributed by atoms with Gasteiger partial charge in [-0.2, -0.15) is 0 Å². The second-order valence-electron chi connectivity index (χ2n) is 9.32. The van der Waals surface area contributed by atoms with E-state index in [0.29, 0.717) is 50.9 Å². The van der Waals surface area contributed by atoms with E-state index in [1.54, 1.807) is 18.2 Å². The summed E-state index contributed by atoms with van der Waals surface area (Å²) in [6.45, 7) is 7.68. The zero-order valence-corrected chi connectivity index (χ0v) is 21.3. The van der Waals surface area contributed by atoms with Gasteiger partial charge in [0.2, 0.25) is 5.91 Å². The second-order valence-corrected chi connectivity index (χ2v) is 9.32. The third kappa shape index (κ3) is 7.65. The predicted molar refractivity (Wildman–Crippen MR) is 147 cm³/mol. The molecular formula is C29H33N5O3. The average molecular weight is 500 g/mol. The van der Waals surface area contributed by atoms with Crippen molar-refractivity contribution in [2.24, 2.45) is 4.99 Å². The van der Waals surface area contributed by atoms with Gasteiger partial charge in [0.25, 0.3) is 0 Å². The zero-order valence-electron chi connectivity index (χ0n) is 21.3. The highest BCUT2D eigenvalue weighted by Gasteiger charge is 2.22. The molecule has 8 heteroatoms. The number of aliphatic imine (C=N–C) groups is 1. The fourth-order valence-electron chi connectivity index (χ4n) is 4.18. The molecule has 1 heterocycles. The average Bonchev–Trinajstić information content (AvgIpc) is 2.88. The van der Waals surface area contributed by atoms with Crippen molar-refractivity contribution in [3.05, 3.63) is 95.1 Å². The van der Waals surface area contributed by atoms with Crippen LogP contribution in [0.1, 0.15) is 27.0 Å². The predicted octanol–water partition coefficient (Wildman–Crippen LogP) is 4.23. The zero-order chi connectivity index (χ0) is 26.2. The summed E-state index contributed by atoms with van der Waals surface area (Å²) in [7, 11) is 0. The van der Waals surface area contributed by atoms with Crippen LogP contribution in [0.2, 0.25) is 0 Å². The van der Waals surface area contributed by atoms with E-state index in [0.717, 1.165) is 16.8 Å². The molecule has 1 aliphatic rings. The van der Waals surface area contributed by atoms with E-state index in [9.17, 15) is 14.7 Å². The Hall–Kier alpha value is -4.17. The van der Waals surface area contributed by atoms with Crippen LogP contribution in [0, 0.1) is 13.8 Å². The summed E-state index contributed by atoms with van der Waals surface area (Å²) in [4.78, 5) is 33.1. The molecule has 0 bridgehead atoms. The first kappa shape index (κ1) is 25.9. The molecule has 3 aromatic carbocycles. The van der Waals surface area contributed by atoms with Gasteiger partial charge in [-0.25, -0.2) is 9.79 Å². The highest BCUT2D eigenvalue weighted by atomic mass is 16.4. The third-order valence-corrected chi connectivity index (χ3v) is 6.24. The molecule has 0 atom stereocenters. The van der Waals surface area contributed by atoms with Gasteiger partial charge in [0, 0.05) is 37.6 Å². The van der Waals surface area contributed by atoms with Gasteiger partial charge >= 0.3 is 5.97 Å². The number of aryl methyl sites for hydroxylation is 2. The number of carbonyl (C=O) groups excluding carboxylic acids is 1. The number of carboxylic acid groups (broad SMARTS) is 1. The number of nitrogens with one attached hydrogen (secondary N) is 2. The lowest BCUT2D eigenvalue weighted by Crippen LogP contribution is -2.52. The Kier molecular flexibility index (Phi) is 8.53. The molecule has 3 N–H and O–H groups in total. The van der Waals surface area contributed by atoms with E-state index in [4.69, 9.17) is 4.99 Å². The highest BCUT2D eigenvalue weighted by molar-refractivity contribution is 5.96. The Morgan fingerprint density at radius 2 is 1.51 bits per heavy atom. The molecule has 0 saturated carbocycles. The first-order chi connectivity index (χ1) is 17.9. The van der Waals surface area contributed by atoms with E-state index in [1.165, 1.54) is 5.56 Å². The minimum atomic E-state index is -0.973. The summed E-state index contributed by atoms with van der Waals surface area (Å²) in [5.41, 5.74) is 5.08. The van der Waals surface area contributed by atoms with E-state index < -0.39 is 5.97 Å². The minimum absolute atomic E-state index is 0.0316. The number of guanidine groups is 1. The Labute approximate surface area is 217 Å². The van der Waals surface area contributed by atoms with Crippen LogP contribution in [0.4, 0.5) is 11.4 Å². The molecule has 8 nitrogen and oxygen atoms in total. The molecular weight excluding hydrogens is 466 g/mol. The fraction of sp³-hybridized carbons (Fsp3) is 0.276. The van der Waals surface area contributed by atoms with Gasteiger partial charge in [-0.15, -0.1) is 0 Å². The maximum absolute atomic E-state index is 12.6. The van der Waals surface area contributed by atoms with Crippen LogP contribution in [0.25, 0.3) is 0 Å². The number of hydrogen-bond donors (Lipinski definition) is 3. The van der Waals surface area contributed by atoms with Gasteiger partial charge in [0.1, 0.15) is 0 Å². The van der Waals surface area contributed by atoms with Gasteiger partial charge in [-0.05, 0) is 55.3 Å². The van der Waals surface area contributed by atoms with Crippen molar-refractivity contribution >= 4 is 29.2 Å². The van der Waals surface area contributed by atoms with Crippen LogP contribution >= 0.6 is 0 Å². The molecule has 0 radical (unpaired) electrons. The molecule has 192 valence electrons. The smallest absolute Gasteiger partial charge is 0.335 e. The number of amides is 1. The summed E-state index contributed by atoms with van der Waals surface area (Å²) in [5.74, 6) is -0.317. The van der Waals surface area contributed by atoms with E-state index in [-0.39, 0.29) is 11.5 Å². The van der Waals surface area contributed by atoms with Gasteiger partial charge in [-0.3, -0.25) is 9.69 Å². The number of piperazine rings is 1. The topological polar surface area (TPSA) is 97.3 Å². The molecule has 1 fully saturated rings. The maximum Gasteiger partial charge on any atom is 0.335 e. The number of aromatic carboxylic acids is 1. The van der Waals surface area contributed by atoms with E-state index >= 15 is 0 Å². The minimum Gasteiger partial charge on any atom is -0.478 e. The van der Waals surface area contributed by atoms with Crippen LogP contribution < -0.4 is 10.6 Å². The molecule has 1 aliphatic heterocycles. The molecule has 0 unspecified atom stereocenters. The molecule has 0 spiro atoms.